The third-order valence-electron chi connectivity index (χ3n) is 2.30. The molecule has 0 aliphatic carbocycles. The second-order valence-corrected chi connectivity index (χ2v) is 3.99. The zero-order valence-corrected chi connectivity index (χ0v) is 9.75. The standard InChI is InChI=1S/C15H11Cl/c1-12-7-8-14(11-15(12)16)10-9-13-5-3-2-4-6-13/h2-8,11H,1H3. The predicted molar refractivity (Wildman–Crippen MR) is 68.6 cm³/mol. The second kappa shape index (κ2) is 4.88. The second-order valence-electron chi connectivity index (χ2n) is 3.58. The van der Waals surface area contributed by atoms with Crippen LogP contribution in [-0.4, -0.2) is 0 Å². The van der Waals surface area contributed by atoms with Crippen molar-refractivity contribution < 1.29 is 0 Å². The van der Waals surface area contributed by atoms with Crippen LogP contribution in [0.5, 0.6) is 0 Å². The molecule has 0 spiro atoms. The molecule has 0 amide bonds. The molecule has 16 heavy (non-hydrogen) atoms. The van der Waals surface area contributed by atoms with Crippen molar-refractivity contribution in [3.8, 4) is 11.8 Å². The van der Waals surface area contributed by atoms with Crippen molar-refractivity contribution in [2.75, 3.05) is 0 Å². The molecule has 0 nitrogen and oxygen atoms in total. The molecule has 2 aromatic carbocycles. The van der Waals surface area contributed by atoms with Crippen LogP contribution in [0.3, 0.4) is 0 Å². The van der Waals surface area contributed by atoms with E-state index >= 15 is 0 Å². The quantitative estimate of drug-likeness (QED) is 0.595. The first kappa shape index (κ1) is 10.8. The van der Waals surface area contributed by atoms with Crippen molar-refractivity contribution in [2.45, 2.75) is 6.92 Å². The molecule has 0 aromatic heterocycles. The van der Waals surface area contributed by atoms with Crippen LogP contribution in [0.15, 0.2) is 48.5 Å². The van der Waals surface area contributed by atoms with Gasteiger partial charge in [0.1, 0.15) is 0 Å². The number of benzene rings is 2. The number of hydrogen-bond donors (Lipinski definition) is 0. The molecule has 0 atom stereocenters. The summed E-state index contributed by atoms with van der Waals surface area (Å²) in [7, 11) is 0. The maximum atomic E-state index is 6.03. The zero-order chi connectivity index (χ0) is 11.4. The maximum Gasteiger partial charge on any atom is 0.0447 e. The van der Waals surface area contributed by atoms with Crippen LogP contribution < -0.4 is 0 Å². The molecule has 0 heterocycles. The Morgan fingerprint density at radius 3 is 2.25 bits per heavy atom. The molecule has 2 rings (SSSR count). The van der Waals surface area contributed by atoms with E-state index in [1.165, 1.54) is 0 Å². The molecule has 0 aliphatic rings. The van der Waals surface area contributed by atoms with Gasteiger partial charge in [-0.1, -0.05) is 47.7 Å². The molecular weight excluding hydrogens is 216 g/mol. The monoisotopic (exact) mass is 226 g/mol. The van der Waals surface area contributed by atoms with Gasteiger partial charge in [0.15, 0.2) is 0 Å². The summed E-state index contributed by atoms with van der Waals surface area (Å²) in [5, 5.41) is 0.764. The van der Waals surface area contributed by atoms with Crippen LogP contribution >= 0.6 is 11.6 Å². The minimum absolute atomic E-state index is 0.764. The largest absolute Gasteiger partial charge is 0.0840 e. The first-order valence-electron chi connectivity index (χ1n) is 5.09. The van der Waals surface area contributed by atoms with E-state index in [9.17, 15) is 0 Å². The Morgan fingerprint density at radius 1 is 0.875 bits per heavy atom. The molecule has 0 bridgehead atoms. The summed E-state index contributed by atoms with van der Waals surface area (Å²) in [6.45, 7) is 1.98. The lowest BCUT2D eigenvalue weighted by Crippen LogP contribution is -1.79. The van der Waals surface area contributed by atoms with Gasteiger partial charge in [0.2, 0.25) is 0 Å². The van der Waals surface area contributed by atoms with Gasteiger partial charge in [0.05, 0.1) is 0 Å². The highest BCUT2D eigenvalue weighted by Crippen LogP contribution is 2.15. The molecule has 0 aliphatic heterocycles. The van der Waals surface area contributed by atoms with E-state index in [1.807, 2.05) is 55.5 Å². The van der Waals surface area contributed by atoms with Gasteiger partial charge in [-0.05, 0) is 36.8 Å². The Balaban J connectivity index is 2.28. The summed E-state index contributed by atoms with van der Waals surface area (Å²) in [4.78, 5) is 0. The van der Waals surface area contributed by atoms with Gasteiger partial charge < -0.3 is 0 Å². The van der Waals surface area contributed by atoms with Gasteiger partial charge in [0.25, 0.3) is 0 Å². The van der Waals surface area contributed by atoms with E-state index in [4.69, 9.17) is 11.6 Å². The highest BCUT2D eigenvalue weighted by atomic mass is 35.5. The molecule has 0 fully saturated rings. The fourth-order valence-corrected chi connectivity index (χ4v) is 1.52. The highest BCUT2D eigenvalue weighted by Gasteiger charge is 1.94. The van der Waals surface area contributed by atoms with Crippen LogP contribution in [0.2, 0.25) is 5.02 Å². The zero-order valence-electron chi connectivity index (χ0n) is 9.00. The van der Waals surface area contributed by atoms with Crippen LogP contribution in [0, 0.1) is 18.8 Å². The lowest BCUT2D eigenvalue weighted by molar-refractivity contribution is 1.46. The van der Waals surface area contributed by atoms with Gasteiger partial charge >= 0.3 is 0 Å². The summed E-state index contributed by atoms with van der Waals surface area (Å²) in [5.41, 5.74) is 3.03. The van der Waals surface area contributed by atoms with E-state index < -0.39 is 0 Å². The van der Waals surface area contributed by atoms with Crippen molar-refractivity contribution in [2.24, 2.45) is 0 Å². The number of hydrogen-bond acceptors (Lipinski definition) is 0. The average Bonchev–Trinajstić information content (AvgIpc) is 2.32. The van der Waals surface area contributed by atoms with Crippen LogP contribution in [0.25, 0.3) is 0 Å². The Morgan fingerprint density at radius 2 is 1.56 bits per heavy atom. The SMILES string of the molecule is Cc1ccc(C#Cc2ccccc2)cc1Cl. The summed E-state index contributed by atoms with van der Waals surface area (Å²) < 4.78 is 0. The van der Waals surface area contributed by atoms with Crippen molar-refractivity contribution in [1.29, 1.82) is 0 Å². The number of rotatable bonds is 0. The molecule has 0 saturated carbocycles. The smallest absolute Gasteiger partial charge is 0.0447 e. The first-order valence-corrected chi connectivity index (χ1v) is 5.47. The molecular formula is C15H11Cl. The number of halogens is 1. The summed E-state index contributed by atoms with van der Waals surface area (Å²) in [5.74, 6) is 6.19. The fourth-order valence-electron chi connectivity index (χ4n) is 1.34. The van der Waals surface area contributed by atoms with Gasteiger partial charge in [-0.3, -0.25) is 0 Å². The van der Waals surface area contributed by atoms with Crippen LogP contribution in [-0.2, 0) is 0 Å². The lowest BCUT2D eigenvalue weighted by atomic mass is 10.1. The summed E-state index contributed by atoms with van der Waals surface area (Å²) in [6.07, 6.45) is 0. The average molecular weight is 227 g/mol. The van der Waals surface area contributed by atoms with Crippen molar-refractivity contribution >= 4 is 11.6 Å². The van der Waals surface area contributed by atoms with Crippen molar-refractivity contribution in [3.05, 3.63) is 70.2 Å². The Kier molecular flexibility index (Phi) is 3.29. The minimum atomic E-state index is 0.764. The van der Waals surface area contributed by atoms with E-state index in [0.717, 1.165) is 21.7 Å². The van der Waals surface area contributed by atoms with Crippen LogP contribution in [0.1, 0.15) is 16.7 Å². The minimum Gasteiger partial charge on any atom is -0.0840 e. The Bertz CT molecular complexity index is 545. The first-order chi connectivity index (χ1) is 7.75. The summed E-state index contributed by atoms with van der Waals surface area (Å²) in [6, 6.07) is 15.8. The van der Waals surface area contributed by atoms with Gasteiger partial charge in [-0.25, -0.2) is 0 Å². The fraction of sp³-hybridized carbons (Fsp3) is 0.0667. The summed E-state index contributed by atoms with van der Waals surface area (Å²) >= 11 is 6.03. The van der Waals surface area contributed by atoms with E-state index in [2.05, 4.69) is 11.8 Å². The normalized spacial score (nSPS) is 9.38. The molecule has 1 heteroatoms. The topological polar surface area (TPSA) is 0 Å². The molecule has 0 unspecified atom stereocenters. The predicted octanol–water partition coefficient (Wildman–Crippen LogP) is 4.05. The van der Waals surface area contributed by atoms with E-state index in [1.54, 1.807) is 0 Å². The van der Waals surface area contributed by atoms with Crippen molar-refractivity contribution in [3.63, 3.8) is 0 Å². The third kappa shape index (κ3) is 2.66. The van der Waals surface area contributed by atoms with E-state index in [0.29, 0.717) is 0 Å². The van der Waals surface area contributed by atoms with E-state index in [-0.39, 0.29) is 0 Å². The Labute approximate surface area is 101 Å². The Hall–Kier alpha value is -1.71. The molecule has 0 N–H and O–H groups in total. The molecule has 0 radical (unpaired) electrons. The molecule has 2 aromatic rings. The molecule has 78 valence electrons. The highest BCUT2D eigenvalue weighted by molar-refractivity contribution is 6.31. The number of aryl methyl sites for hydroxylation is 1. The maximum absolute atomic E-state index is 6.03. The van der Waals surface area contributed by atoms with Crippen LogP contribution in [0.4, 0.5) is 0 Å². The van der Waals surface area contributed by atoms with Gasteiger partial charge in [-0.15, -0.1) is 0 Å². The third-order valence-corrected chi connectivity index (χ3v) is 2.70. The van der Waals surface area contributed by atoms with Crippen molar-refractivity contribution in [1.82, 2.24) is 0 Å². The van der Waals surface area contributed by atoms with Gasteiger partial charge in [0, 0.05) is 16.1 Å². The van der Waals surface area contributed by atoms with Gasteiger partial charge in [-0.2, -0.15) is 0 Å². The lowest BCUT2D eigenvalue weighted by Gasteiger charge is -1.96. The molecule has 0 saturated heterocycles.